The smallest absolute Gasteiger partial charge is 0.272 e. The van der Waals surface area contributed by atoms with Crippen LogP contribution in [-0.2, 0) is 11.2 Å². The molecule has 1 aromatic carbocycles. The second kappa shape index (κ2) is 9.27. The van der Waals surface area contributed by atoms with Crippen LogP contribution < -0.4 is 5.32 Å². The Bertz CT molecular complexity index is 910. The van der Waals surface area contributed by atoms with Gasteiger partial charge >= 0.3 is 0 Å². The van der Waals surface area contributed by atoms with Crippen molar-refractivity contribution in [3.05, 3.63) is 65.2 Å². The summed E-state index contributed by atoms with van der Waals surface area (Å²) in [5.41, 5.74) is 1.03. The summed E-state index contributed by atoms with van der Waals surface area (Å²) in [6.07, 6.45) is 1.79. The van der Waals surface area contributed by atoms with Crippen LogP contribution >= 0.6 is 0 Å². The fourth-order valence-corrected chi connectivity index (χ4v) is 3.19. The van der Waals surface area contributed by atoms with Crippen molar-refractivity contribution in [1.82, 2.24) is 20.1 Å². The van der Waals surface area contributed by atoms with Crippen molar-refractivity contribution in [2.45, 2.75) is 13.3 Å². The van der Waals surface area contributed by atoms with Crippen LogP contribution in [0, 0.1) is 5.82 Å². The minimum atomic E-state index is -0.348. The van der Waals surface area contributed by atoms with E-state index in [1.165, 1.54) is 31.3 Å². The second-order valence-electron chi connectivity index (χ2n) is 6.83. The molecule has 0 atom stereocenters. The molecule has 1 aliphatic rings. The molecule has 1 fully saturated rings. The molecule has 0 bridgehead atoms. The quantitative estimate of drug-likeness (QED) is 0.828. The van der Waals surface area contributed by atoms with Crippen molar-refractivity contribution in [3.63, 3.8) is 0 Å². The van der Waals surface area contributed by atoms with E-state index in [-0.39, 0.29) is 35.8 Å². The molecule has 0 spiro atoms. The number of nitrogens with zero attached hydrogens (tertiary/aromatic N) is 3. The summed E-state index contributed by atoms with van der Waals surface area (Å²) < 4.78 is 13.6. The van der Waals surface area contributed by atoms with Crippen molar-refractivity contribution in [2.24, 2.45) is 0 Å². The molecule has 1 aliphatic heterocycles. The Balaban J connectivity index is 1.57. The van der Waals surface area contributed by atoms with Crippen LogP contribution in [0.4, 0.5) is 4.39 Å². The lowest BCUT2D eigenvalue weighted by molar-refractivity contribution is -0.130. The molecule has 0 radical (unpaired) electrons. The maximum atomic E-state index is 13.6. The summed E-state index contributed by atoms with van der Waals surface area (Å²) in [7, 11) is 0. The number of carbonyl (C=O) groups excluding carboxylic acids is 3. The topological polar surface area (TPSA) is 82.6 Å². The normalized spacial score (nSPS) is 13.9. The first-order valence-corrected chi connectivity index (χ1v) is 9.48. The number of pyridine rings is 1. The van der Waals surface area contributed by atoms with Gasteiger partial charge in [-0.05, 0) is 30.2 Å². The van der Waals surface area contributed by atoms with Gasteiger partial charge < -0.3 is 15.1 Å². The van der Waals surface area contributed by atoms with E-state index in [1.807, 2.05) is 0 Å². The number of halogens is 1. The number of benzene rings is 1. The third-order valence-electron chi connectivity index (χ3n) is 4.89. The fourth-order valence-electron chi connectivity index (χ4n) is 3.19. The first kappa shape index (κ1) is 20.4. The van der Waals surface area contributed by atoms with Gasteiger partial charge in [0.15, 0.2) is 0 Å². The highest BCUT2D eigenvalue weighted by atomic mass is 19.1. The SMILES string of the molecule is CC(=O)N1CCN(C(=O)c2cc(C(=O)NCCc3ccccc3F)ccn2)CC1. The fraction of sp³-hybridized carbons (Fsp3) is 0.333. The van der Waals surface area contributed by atoms with E-state index in [0.717, 1.165) is 0 Å². The second-order valence-corrected chi connectivity index (χ2v) is 6.83. The predicted molar refractivity (Wildman–Crippen MR) is 105 cm³/mol. The van der Waals surface area contributed by atoms with Crippen LogP contribution in [0.3, 0.4) is 0 Å². The molecule has 0 unspecified atom stereocenters. The molecule has 1 saturated heterocycles. The Morgan fingerprint density at radius 1 is 1.07 bits per heavy atom. The van der Waals surface area contributed by atoms with Gasteiger partial charge in [0.2, 0.25) is 5.91 Å². The number of piperazine rings is 1. The lowest BCUT2D eigenvalue weighted by Crippen LogP contribution is -2.50. The molecule has 1 aromatic heterocycles. The lowest BCUT2D eigenvalue weighted by Gasteiger charge is -2.34. The molecule has 152 valence electrons. The summed E-state index contributed by atoms with van der Waals surface area (Å²) in [5, 5.41) is 2.74. The highest BCUT2D eigenvalue weighted by Gasteiger charge is 2.24. The Morgan fingerprint density at radius 3 is 2.45 bits per heavy atom. The predicted octanol–water partition coefficient (Wildman–Crippen LogP) is 1.50. The Labute approximate surface area is 168 Å². The van der Waals surface area contributed by atoms with Crippen LogP contribution in [0.15, 0.2) is 42.6 Å². The number of nitrogens with one attached hydrogen (secondary N) is 1. The molecule has 2 heterocycles. The van der Waals surface area contributed by atoms with Crippen LogP contribution in [-0.4, -0.2) is 65.2 Å². The molecule has 1 N–H and O–H groups in total. The maximum Gasteiger partial charge on any atom is 0.272 e. The Hall–Kier alpha value is -3.29. The monoisotopic (exact) mass is 398 g/mol. The molecule has 8 heteroatoms. The van der Waals surface area contributed by atoms with Gasteiger partial charge in [-0.1, -0.05) is 18.2 Å². The summed E-state index contributed by atoms with van der Waals surface area (Å²) in [5.74, 6) is -0.930. The molecule has 7 nitrogen and oxygen atoms in total. The molecule has 0 saturated carbocycles. The maximum absolute atomic E-state index is 13.6. The van der Waals surface area contributed by atoms with Crippen molar-refractivity contribution >= 4 is 17.7 Å². The van der Waals surface area contributed by atoms with E-state index in [0.29, 0.717) is 43.7 Å². The first-order valence-electron chi connectivity index (χ1n) is 9.48. The minimum absolute atomic E-state index is 0.00993. The molecular weight excluding hydrogens is 375 g/mol. The Kier molecular flexibility index (Phi) is 6.54. The average Bonchev–Trinajstić information content (AvgIpc) is 2.74. The van der Waals surface area contributed by atoms with Gasteiger partial charge in [-0.15, -0.1) is 0 Å². The zero-order valence-corrected chi connectivity index (χ0v) is 16.2. The standard InChI is InChI=1S/C21H23FN4O3/c1-15(27)25-10-12-26(13-11-25)21(29)19-14-17(7-8-23-19)20(28)24-9-6-16-4-2-3-5-18(16)22/h2-5,7-8,14H,6,9-13H2,1H3,(H,24,28). The van der Waals surface area contributed by atoms with Gasteiger partial charge in [-0.25, -0.2) is 4.39 Å². The Morgan fingerprint density at radius 2 is 1.76 bits per heavy atom. The van der Waals surface area contributed by atoms with E-state index in [1.54, 1.807) is 28.0 Å². The molecule has 29 heavy (non-hydrogen) atoms. The highest BCUT2D eigenvalue weighted by molar-refractivity contribution is 5.98. The third-order valence-corrected chi connectivity index (χ3v) is 4.89. The summed E-state index contributed by atoms with van der Waals surface area (Å²) in [6.45, 7) is 3.61. The summed E-state index contributed by atoms with van der Waals surface area (Å²) in [6, 6.07) is 9.41. The molecular formula is C21H23FN4O3. The van der Waals surface area contributed by atoms with E-state index < -0.39 is 0 Å². The van der Waals surface area contributed by atoms with Gasteiger partial charge in [0.05, 0.1) is 0 Å². The average molecular weight is 398 g/mol. The third kappa shape index (κ3) is 5.16. The molecule has 0 aliphatic carbocycles. The van der Waals surface area contributed by atoms with Crippen molar-refractivity contribution in [2.75, 3.05) is 32.7 Å². The summed E-state index contributed by atoms with van der Waals surface area (Å²) in [4.78, 5) is 43.9. The van der Waals surface area contributed by atoms with Gasteiger partial charge in [0, 0.05) is 51.4 Å². The van der Waals surface area contributed by atoms with Gasteiger partial charge in [0.1, 0.15) is 11.5 Å². The van der Waals surface area contributed by atoms with Gasteiger partial charge in [-0.2, -0.15) is 0 Å². The van der Waals surface area contributed by atoms with Crippen LogP contribution in [0.5, 0.6) is 0 Å². The highest BCUT2D eigenvalue weighted by Crippen LogP contribution is 2.10. The van der Waals surface area contributed by atoms with E-state index >= 15 is 0 Å². The van der Waals surface area contributed by atoms with Crippen LogP contribution in [0.2, 0.25) is 0 Å². The number of amides is 3. The molecule has 3 rings (SSSR count). The zero-order chi connectivity index (χ0) is 20.8. The lowest BCUT2D eigenvalue weighted by atomic mass is 10.1. The van der Waals surface area contributed by atoms with Gasteiger partial charge in [0.25, 0.3) is 11.8 Å². The van der Waals surface area contributed by atoms with Crippen molar-refractivity contribution in [1.29, 1.82) is 0 Å². The van der Waals surface area contributed by atoms with Crippen LogP contribution in [0.25, 0.3) is 0 Å². The van der Waals surface area contributed by atoms with Crippen LogP contribution in [0.1, 0.15) is 33.3 Å². The number of rotatable bonds is 5. The van der Waals surface area contributed by atoms with E-state index in [9.17, 15) is 18.8 Å². The largest absolute Gasteiger partial charge is 0.352 e. The first-order chi connectivity index (χ1) is 14.0. The number of hydrogen-bond donors (Lipinski definition) is 1. The summed E-state index contributed by atoms with van der Waals surface area (Å²) >= 11 is 0. The zero-order valence-electron chi connectivity index (χ0n) is 16.2. The number of aromatic nitrogens is 1. The minimum Gasteiger partial charge on any atom is -0.352 e. The van der Waals surface area contributed by atoms with E-state index in [4.69, 9.17) is 0 Å². The van der Waals surface area contributed by atoms with Crippen molar-refractivity contribution < 1.29 is 18.8 Å². The molecule has 3 amide bonds. The molecule has 2 aromatic rings. The van der Waals surface area contributed by atoms with Crippen molar-refractivity contribution in [3.8, 4) is 0 Å². The number of carbonyl (C=O) groups is 3. The van der Waals surface area contributed by atoms with E-state index in [2.05, 4.69) is 10.3 Å². The number of hydrogen-bond acceptors (Lipinski definition) is 4. The van der Waals surface area contributed by atoms with Gasteiger partial charge in [-0.3, -0.25) is 19.4 Å².